The number of aliphatic hydroxyl groups is 1. The Kier molecular flexibility index (Phi) is 5.87. The Balaban J connectivity index is 1.84. The van der Waals surface area contributed by atoms with Crippen LogP contribution >= 0.6 is 0 Å². The summed E-state index contributed by atoms with van der Waals surface area (Å²) in [4.78, 5) is 11.6. The lowest BCUT2D eigenvalue weighted by atomic mass is 10.1. The van der Waals surface area contributed by atoms with Crippen LogP contribution < -0.4 is 15.4 Å². The van der Waals surface area contributed by atoms with Crippen molar-refractivity contribution in [3.05, 3.63) is 29.3 Å². The maximum absolute atomic E-state index is 11.6. The summed E-state index contributed by atoms with van der Waals surface area (Å²) in [5, 5.41) is 14.2. The molecule has 0 heterocycles. The molecule has 21 heavy (non-hydrogen) atoms. The van der Waals surface area contributed by atoms with Gasteiger partial charge in [0.15, 0.2) is 0 Å². The minimum absolute atomic E-state index is 0.0808. The van der Waals surface area contributed by atoms with E-state index in [0.29, 0.717) is 25.4 Å². The van der Waals surface area contributed by atoms with Gasteiger partial charge in [0.2, 0.25) is 0 Å². The Bertz CT molecular complexity index is 473. The van der Waals surface area contributed by atoms with Crippen LogP contribution in [0.1, 0.15) is 30.4 Å². The second-order valence-corrected chi connectivity index (χ2v) is 5.55. The molecular weight excluding hydrogens is 268 g/mol. The maximum atomic E-state index is 11.6. The molecule has 2 rings (SSSR count). The number of amides is 2. The molecule has 1 aliphatic carbocycles. The summed E-state index contributed by atoms with van der Waals surface area (Å²) in [5.74, 6) is 1.56. The van der Waals surface area contributed by atoms with Crippen molar-refractivity contribution in [3.63, 3.8) is 0 Å². The summed E-state index contributed by atoms with van der Waals surface area (Å²) in [5.41, 5.74) is 2.13. The highest BCUT2D eigenvalue weighted by Gasteiger charge is 2.22. The van der Waals surface area contributed by atoms with Crippen molar-refractivity contribution in [1.82, 2.24) is 10.6 Å². The van der Waals surface area contributed by atoms with Crippen molar-refractivity contribution in [1.29, 1.82) is 0 Å². The zero-order valence-electron chi connectivity index (χ0n) is 12.5. The van der Waals surface area contributed by atoms with Gasteiger partial charge in [-0.15, -0.1) is 0 Å². The fraction of sp³-hybridized carbons (Fsp3) is 0.562. The van der Waals surface area contributed by atoms with Crippen LogP contribution in [0, 0.1) is 12.8 Å². The Morgan fingerprint density at radius 2 is 2.19 bits per heavy atom. The Morgan fingerprint density at radius 3 is 2.90 bits per heavy atom. The number of benzene rings is 1. The number of rotatable bonds is 8. The normalized spacial score (nSPS) is 13.8. The van der Waals surface area contributed by atoms with Crippen molar-refractivity contribution < 1.29 is 14.6 Å². The zero-order chi connectivity index (χ0) is 15.1. The number of nitrogens with one attached hydrogen (secondary N) is 2. The first-order chi connectivity index (χ1) is 10.2. The van der Waals surface area contributed by atoms with Crippen molar-refractivity contribution >= 4 is 6.03 Å². The molecule has 0 unspecified atom stereocenters. The summed E-state index contributed by atoms with van der Waals surface area (Å²) in [6.07, 6.45) is 3.08. The van der Waals surface area contributed by atoms with Gasteiger partial charge < -0.3 is 20.5 Å². The molecule has 0 bridgehead atoms. The van der Waals surface area contributed by atoms with E-state index in [1.165, 1.54) is 12.8 Å². The molecule has 0 aliphatic heterocycles. The second kappa shape index (κ2) is 7.88. The van der Waals surface area contributed by atoms with Crippen LogP contribution in [0.3, 0.4) is 0 Å². The third-order valence-electron chi connectivity index (χ3n) is 3.45. The van der Waals surface area contributed by atoms with Crippen LogP contribution in [0.2, 0.25) is 0 Å². The van der Waals surface area contributed by atoms with Crippen LogP contribution in [0.25, 0.3) is 0 Å². The first-order valence-corrected chi connectivity index (χ1v) is 7.54. The lowest BCUT2D eigenvalue weighted by Gasteiger charge is -2.13. The summed E-state index contributed by atoms with van der Waals surface area (Å²) < 4.78 is 5.87. The van der Waals surface area contributed by atoms with E-state index in [9.17, 15) is 4.79 Å². The van der Waals surface area contributed by atoms with E-state index in [1.54, 1.807) is 0 Å². The molecule has 0 saturated heterocycles. The number of carbonyl (C=O) groups is 1. The number of ether oxygens (including phenoxy) is 1. The van der Waals surface area contributed by atoms with Crippen molar-refractivity contribution in [2.24, 2.45) is 5.92 Å². The number of hydrogen-bond acceptors (Lipinski definition) is 3. The zero-order valence-corrected chi connectivity index (χ0v) is 12.5. The highest BCUT2D eigenvalue weighted by molar-refractivity contribution is 5.73. The average molecular weight is 292 g/mol. The first-order valence-electron chi connectivity index (χ1n) is 7.54. The summed E-state index contributed by atoms with van der Waals surface area (Å²) in [6.45, 7) is 3.78. The summed E-state index contributed by atoms with van der Waals surface area (Å²) >= 11 is 0. The SMILES string of the molecule is Cc1ccc(CNC(=O)NCCCO)c(OCC2CC2)c1. The van der Waals surface area contributed by atoms with E-state index in [4.69, 9.17) is 9.84 Å². The van der Waals surface area contributed by atoms with Crippen LogP contribution in [0.5, 0.6) is 5.75 Å². The third kappa shape index (κ3) is 5.63. The quantitative estimate of drug-likeness (QED) is 0.642. The molecule has 0 spiro atoms. The Labute approximate surface area is 125 Å². The van der Waals surface area contributed by atoms with Gasteiger partial charge in [0, 0.05) is 25.3 Å². The number of aryl methyl sites for hydroxylation is 1. The molecule has 1 aromatic rings. The predicted molar refractivity (Wildman–Crippen MR) is 81.3 cm³/mol. The Morgan fingerprint density at radius 1 is 1.38 bits per heavy atom. The van der Waals surface area contributed by atoms with E-state index in [2.05, 4.69) is 10.6 Å². The van der Waals surface area contributed by atoms with Crippen molar-refractivity contribution in [2.75, 3.05) is 19.8 Å². The van der Waals surface area contributed by atoms with Crippen LogP contribution in [-0.4, -0.2) is 30.9 Å². The largest absolute Gasteiger partial charge is 0.493 e. The molecular formula is C16H24N2O3. The summed E-state index contributed by atoms with van der Waals surface area (Å²) in [6, 6.07) is 5.80. The molecule has 1 fully saturated rings. The minimum Gasteiger partial charge on any atom is -0.493 e. The van der Waals surface area contributed by atoms with Gasteiger partial charge in [-0.25, -0.2) is 4.79 Å². The lowest BCUT2D eigenvalue weighted by Crippen LogP contribution is -2.35. The predicted octanol–water partition coefficient (Wildman–Crippen LogP) is 1.97. The van der Waals surface area contributed by atoms with Gasteiger partial charge in [-0.1, -0.05) is 12.1 Å². The molecule has 1 saturated carbocycles. The number of urea groups is 1. The van der Waals surface area contributed by atoms with Crippen LogP contribution in [0.4, 0.5) is 4.79 Å². The summed E-state index contributed by atoms with van der Waals surface area (Å²) in [7, 11) is 0. The molecule has 0 aromatic heterocycles. The monoisotopic (exact) mass is 292 g/mol. The molecule has 0 atom stereocenters. The molecule has 116 valence electrons. The third-order valence-corrected chi connectivity index (χ3v) is 3.45. The molecule has 2 amide bonds. The molecule has 3 N–H and O–H groups in total. The topological polar surface area (TPSA) is 70.6 Å². The van der Waals surface area contributed by atoms with E-state index in [-0.39, 0.29) is 12.6 Å². The van der Waals surface area contributed by atoms with Crippen LogP contribution in [0.15, 0.2) is 18.2 Å². The van der Waals surface area contributed by atoms with Crippen LogP contribution in [-0.2, 0) is 6.54 Å². The second-order valence-electron chi connectivity index (χ2n) is 5.55. The number of hydrogen-bond donors (Lipinski definition) is 3. The van der Waals surface area contributed by atoms with Gasteiger partial charge in [-0.2, -0.15) is 0 Å². The highest BCUT2D eigenvalue weighted by atomic mass is 16.5. The molecule has 0 radical (unpaired) electrons. The van der Waals surface area contributed by atoms with Gasteiger partial charge in [0.1, 0.15) is 5.75 Å². The van der Waals surface area contributed by atoms with E-state index >= 15 is 0 Å². The minimum atomic E-state index is -0.225. The average Bonchev–Trinajstić information content (AvgIpc) is 3.28. The molecule has 1 aliphatic rings. The van der Waals surface area contributed by atoms with Gasteiger partial charge in [0.05, 0.1) is 6.61 Å². The standard InChI is InChI=1S/C16H24N2O3/c1-12-3-6-14(10-18-16(20)17-7-2-8-19)15(9-12)21-11-13-4-5-13/h3,6,9,13,19H,2,4-5,7-8,10-11H2,1H3,(H2,17,18,20). The van der Waals surface area contributed by atoms with E-state index < -0.39 is 0 Å². The fourth-order valence-electron chi connectivity index (χ4n) is 1.95. The van der Waals surface area contributed by atoms with E-state index in [1.807, 2.05) is 25.1 Å². The highest BCUT2D eigenvalue weighted by Crippen LogP contribution is 2.30. The van der Waals surface area contributed by atoms with Crippen molar-refractivity contribution in [2.45, 2.75) is 32.7 Å². The molecule has 5 nitrogen and oxygen atoms in total. The smallest absolute Gasteiger partial charge is 0.315 e. The number of aliphatic hydroxyl groups excluding tert-OH is 1. The fourth-order valence-corrected chi connectivity index (χ4v) is 1.95. The number of carbonyl (C=O) groups excluding carboxylic acids is 1. The van der Waals surface area contributed by atoms with Crippen molar-refractivity contribution in [3.8, 4) is 5.75 Å². The van der Waals surface area contributed by atoms with E-state index in [0.717, 1.165) is 23.5 Å². The maximum Gasteiger partial charge on any atom is 0.315 e. The van der Waals surface area contributed by atoms with Gasteiger partial charge in [-0.05, 0) is 43.7 Å². The van der Waals surface area contributed by atoms with Gasteiger partial charge in [-0.3, -0.25) is 0 Å². The molecule has 1 aromatic carbocycles. The van der Waals surface area contributed by atoms with Gasteiger partial charge in [0.25, 0.3) is 0 Å². The lowest BCUT2D eigenvalue weighted by molar-refractivity contribution is 0.237. The first kappa shape index (κ1) is 15.6. The molecule has 5 heteroatoms. The van der Waals surface area contributed by atoms with Gasteiger partial charge >= 0.3 is 6.03 Å². The Hall–Kier alpha value is -1.75.